The van der Waals surface area contributed by atoms with E-state index in [2.05, 4.69) is 0 Å². The van der Waals surface area contributed by atoms with Crippen molar-refractivity contribution in [2.24, 2.45) is 11.1 Å². The van der Waals surface area contributed by atoms with E-state index >= 15 is 0 Å². The van der Waals surface area contributed by atoms with Gasteiger partial charge in [-0.25, -0.2) is 8.78 Å². The van der Waals surface area contributed by atoms with Crippen LogP contribution in [0.3, 0.4) is 0 Å². The van der Waals surface area contributed by atoms with Crippen molar-refractivity contribution in [3.63, 3.8) is 0 Å². The first kappa shape index (κ1) is 11.4. The average molecular weight is 207 g/mol. The molecule has 2 N–H and O–H groups in total. The molecular weight excluding hydrogens is 192 g/mol. The third-order valence-corrected chi connectivity index (χ3v) is 2.24. The Morgan fingerprint density at radius 1 is 1.50 bits per heavy atom. The molecule has 14 heavy (non-hydrogen) atoms. The van der Waals surface area contributed by atoms with Crippen LogP contribution in [0.2, 0.25) is 0 Å². The van der Waals surface area contributed by atoms with E-state index in [1.807, 2.05) is 0 Å². The van der Waals surface area contributed by atoms with Gasteiger partial charge in [-0.1, -0.05) is 0 Å². The molecule has 1 aliphatic rings. The number of rotatable bonds is 2. The van der Waals surface area contributed by atoms with Gasteiger partial charge in [0.25, 0.3) is 5.92 Å². The standard InChI is InChI=1S/C9H15F2NO2/c1-7(2,3)14-6(13)8(5-12)4-9(8,10)11/h4-5,12H2,1-3H3. The number of ether oxygens (including phenoxy) is 1. The summed E-state index contributed by atoms with van der Waals surface area (Å²) in [7, 11) is 0. The van der Waals surface area contributed by atoms with E-state index in [-0.39, 0.29) is 6.54 Å². The van der Waals surface area contributed by atoms with Crippen LogP contribution in [-0.2, 0) is 9.53 Å². The van der Waals surface area contributed by atoms with E-state index in [1.165, 1.54) is 0 Å². The zero-order valence-electron chi connectivity index (χ0n) is 8.56. The highest BCUT2D eigenvalue weighted by Crippen LogP contribution is 2.60. The van der Waals surface area contributed by atoms with E-state index < -0.39 is 29.3 Å². The van der Waals surface area contributed by atoms with Gasteiger partial charge < -0.3 is 10.5 Å². The molecular formula is C9H15F2NO2. The molecule has 1 aliphatic carbocycles. The van der Waals surface area contributed by atoms with Gasteiger partial charge in [-0.05, 0) is 20.8 Å². The molecule has 0 radical (unpaired) electrons. The molecule has 1 rings (SSSR count). The number of halogens is 2. The number of hydrogen-bond donors (Lipinski definition) is 1. The second-order valence-corrected chi connectivity index (χ2v) is 4.67. The van der Waals surface area contributed by atoms with Crippen LogP contribution in [0.1, 0.15) is 27.2 Å². The third kappa shape index (κ3) is 1.73. The van der Waals surface area contributed by atoms with Gasteiger partial charge in [-0.15, -0.1) is 0 Å². The Labute approximate surface area is 81.6 Å². The van der Waals surface area contributed by atoms with Gasteiger partial charge in [0, 0.05) is 13.0 Å². The molecule has 0 saturated heterocycles. The molecule has 0 aromatic heterocycles. The van der Waals surface area contributed by atoms with Crippen molar-refractivity contribution in [1.29, 1.82) is 0 Å². The monoisotopic (exact) mass is 207 g/mol. The zero-order valence-corrected chi connectivity index (χ0v) is 8.56. The minimum atomic E-state index is -3.00. The smallest absolute Gasteiger partial charge is 0.320 e. The fourth-order valence-corrected chi connectivity index (χ4v) is 1.24. The average Bonchev–Trinajstić information content (AvgIpc) is 2.51. The fraction of sp³-hybridized carbons (Fsp3) is 0.889. The molecule has 5 heteroatoms. The number of esters is 1. The van der Waals surface area contributed by atoms with Crippen LogP contribution in [0.25, 0.3) is 0 Å². The van der Waals surface area contributed by atoms with Crippen molar-refractivity contribution >= 4 is 5.97 Å². The van der Waals surface area contributed by atoms with Gasteiger partial charge in [0.2, 0.25) is 0 Å². The van der Waals surface area contributed by atoms with E-state index in [0.29, 0.717) is 0 Å². The lowest BCUT2D eigenvalue weighted by Crippen LogP contribution is -2.37. The zero-order chi connectivity index (χ0) is 11.2. The van der Waals surface area contributed by atoms with Crippen molar-refractivity contribution in [3.05, 3.63) is 0 Å². The van der Waals surface area contributed by atoms with Crippen molar-refractivity contribution in [3.8, 4) is 0 Å². The second-order valence-electron chi connectivity index (χ2n) is 4.67. The number of alkyl halides is 2. The number of carbonyl (C=O) groups excluding carboxylic acids is 1. The van der Waals surface area contributed by atoms with Crippen LogP contribution in [0, 0.1) is 5.41 Å². The highest BCUT2D eigenvalue weighted by molar-refractivity contribution is 5.83. The molecule has 1 saturated carbocycles. The molecule has 0 spiro atoms. The Morgan fingerprint density at radius 3 is 2.14 bits per heavy atom. The molecule has 1 fully saturated rings. The summed E-state index contributed by atoms with van der Waals surface area (Å²) in [6.45, 7) is 4.54. The molecule has 0 aromatic rings. The maximum absolute atomic E-state index is 12.9. The molecule has 0 aromatic carbocycles. The SMILES string of the molecule is CC(C)(C)OC(=O)C1(CN)CC1(F)F. The summed E-state index contributed by atoms with van der Waals surface area (Å²) in [4.78, 5) is 11.4. The molecule has 82 valence electrons. The molecule has 0 bridgehead atoms. The van der Waals surface area contributed by atoms with Gasteiger partial charge >= 0.3 is 5.97 Å². The Balaban J connectivity index is 2.71. The van der Waals surface area contributed by atoms with E-state index in [1.54, 1.807) is 20.8 Å². The summed E-state index contributed by atoms with van der Waals surface area (Å²) in [6, 6.07) is 0. The molecule has 3 nitrogen and oxygen atoms in total. The lowest BCUT2D eigenvalue weighted by Gasteiger charge is -2.23. The summed E-state index contributed by atoms with van der Waals surface area (Å²) in [6.07, 6.45) is -0.495. The quantitative estimate of drug-likeness (QED) is 0.694. The number of carbonyl (C=O) groups is 1. The lowest BCUT2D eigenvalue weighted by atomic mass is 10.1. The van der Waals surface area contributed by atoms with Gasteiger partial charge in [0.15, 0.2) is 0 Å². The Hall–Kier alpha value is -0.710. The molecule has 0 heterocycles. The first-order valence-corrected chi connectivity index (χ1v) is 4.46. The van der Waals surface area contributed by atoms with E-state index in [4.69, 9.17) is 10.5 Å². The van der Waals surface area contributed by atoms with Gasteiger partial charge in [-0.3, -0.25) is 4.79 Å². The van der Waals surface area contributed by atoms with Crippen LogP contribution >= 0.6 is 0 Å². The Morgan fingerprint density at radius 2 is 1.93 bits per heavy atom. The summed E-state index contributed by atoms with van der Waals surface area (Å²) in [5, 5.41) is 0. The largest absolute Gasteiger partial charge is 0.459 e. The fourth-order valence-electron chi connectivity index (χ4n) is 1.24. The van der Waals surface area contributed by atoms with E-state index in [9.17, 15) is 13.6 Å². The van der Waals surface area contributed by atoms with Crippen molar-refractivity contribution in [2.45, 2.75) is 38.7 Å². The lowest BCUT2D eigenvalue weighted by molar-refractivity contribution is -0.165. The summed E-state index contributed by atoms with van der Waals surface area (Å²) < 4.78 is 30.7. The highest BCUT2D eigenvalue weighted by Gasteiger charge is 2.76. The molecule has 1 atom stereocenters. The van der Waals surface area contributed by atoms with Crippen molar-refractivity contribution in [1.82, 2.24) is 0 Å². The Kier molecular flexibility index (Phi) is 2.34. The highest BCUT2D eigenvalue weighted by atomic mass is 19.3. The summed E-state index contributed by atoms with van der Waals surface area (Å²) >= 11 is 0. The second kappa shape index (κ2) is 2.89. The van der Waals surface area contributed by atoms with Gasteiger partial charge in [0.05, 0.1) is 0 Å². The van der Waals surface area contributed by atoms with Crippen molar-refractivity contribution < 1.29 is 18.3 Å². The maximum atomic E-state index is 12.9. The van der Waals surface area contributed by atoms with Crippen LogP contribution in [0.5, 0.6) is 0 Å². The van der Waals surface area contributed by atoms with Crippen LogP contribution in [0.4, 0.5) is 8.78 Å². The molecule has 1 unspecified atom stereocenters. The predicted octanol–water partition coefficient (Wildman–Crippen LogP) is 1.31. The summed E-state index contributed by atoms with van der Waals surface area (Å²) in [5.41, 5.74) is 2.67. The maximum Gasteiger partial charge on any atom is 0.320 e. The van der Waals surface area contributed by atoms with Gasteiger partial charge in [0.1, 0.15) is 11.0 Å². The van der Waals surface area contributed by atoms with Crippen LogP contribution in [0.15, 0.2) is 0 Å². The number of nitrogens with two attached hydrogens (primary N) is 1. The first-order chi connectivity index (χ1) is 6.15. The van der Waals surface area contributed by atoms with Crippen LogP contribution in [-0.4, -0.2) is 24.0 Å². The molecule has 0 aliphatic heterocycles. The van der Waals surface area contributed by atoms with Crippen molar-refractivity contribution in [2.75, 3.05) is 6.54 Å². The minimum absolute atomic E-state index is 0.366. The Bertz CT molecular complexity index is 260. The normalized spacial score (nSPS) is 29.9. The summed E-state index contributed by atoms with van der Waals surface area (Å²) in [5.74, 6) is -3.89. The van der Waals surface area contributed by atoms with E-state index in [0.717, 1.165) is 0 Å². The third-order valence-electron chi connectivity index (χ3n) is 2.24. The molecule has 0 amide bonds. The van der Waals surface area contributed by atoms with Crippen LogP contribution < -0.4 is 5.73 Å². The first-order valence-electron chi connectivity index (χ1n) is 4.46. The van der Waals surface area contributed by atoms with Gasteiger partial charge in [-0.2, -0.15) is 0 Å². The predicted molar refractivity (Wildman–Crippen MR) is 46.9 cm³/mol. The number of hydrogen-bond acceptors (Lipinski definition) is 3. The topological polar surface area (TPSA) is 52.3 Å². The minimum Gasteiger partial charge on any atom is -0.459 e.